The SMILES string of the molecule is Clc1cc(N(c2ccc3ccccc3c2)c2ccc3ccccc3c2)cc2sc3ccccc3c12. The number of anilines is 3. The second-order valence-corrected chi connectivity index (χ2v) is 10.3. The van der Waals surface area contributed by atoms with Gasteiger partial charge in [0.25, 0.3) is 0 Å². The Morgan fingerprint density at radius 3 is 1.71 bits per heavy atom. The van der Waals surface area contributed by atoms with Crippen LogP contribution >= 0.6 is 22.9 Å². The van der Waals surface area contributed by atoms with Gasteiger partial charge in [0, 0.05) is 37.2 Å². The Balaban J connectivity index is 1.49. The molecule has 0 N–H and O–H groups in total. The highest BCUT2D eigenvalue weighted by Gasteiger charge is 2.17. The van der Waals surface area contributed by atoms with Crippen molar-refractivity contribution in [1.29, 1.82) is 0 Å². The molecular formula is C32H20ClNS. The van der Waals surface area contributed by atoms with Gasteiger partial charge in [-0.05, 0) is 64.0 Å². The van der Waals surface area contributed by atoms with Crippen LogP contribution in [0.25, 0.3) is 41.7 Å². The highest BCUT2D eigenvalue weighted by atomic mass is 35.5. The van der Waals surface area contributed by atoms with Crippen molar-refractivity contribution in [2.45, 2.75) is 0 Å². The maximum atomic E-state index is 6.97. The minimum absolute atomic E-state index is 0.779. The molecule has 1 heterocycles. The molecule has 0 unspecified atom stereocenters. The van der Waals surface area contributed by atoms with Crippen molar-refractivity contribution in [1.82, 2.24) is 0 Å². The number of hydrogen-bond acceptors (Lipinski definition) is 2. The third-order valence-electron chi connectivity index (χ3n) is 6.66. The molecule has 1 aromatic heterocycles. The zero-order valence-corrected chi connectivity index (χ0v) is 20.4. The van der Waals surface area contributed by atoms with Gasteiger partial charge in [-0.25, -0.2) is 0 Å². The van der Waals surface area contributed by atoms with Gasteiger partial charge in [-0.2, -0.15) is 0 Å². The Bertz CT molecular complexity index is 1810. The summed E-state index contributed by atoms with van der Waals surface area (Å²) in [5, 5.41) is 8.01. The maximum absolute atomic E-state index is 6.97. The highest BCUT2D eigenvalue weighted by molar-refractivity contribution is 7.26. The van der Waals surface area contributed by atoms with E-state index in [0.717, 1.165) is 27.5 Å². The lowest BCUT2D eigenvalue weighted by molar-refractivity contribution is 1.30. The Morgan fingerprint density at radius 2 is 1.06 bits per heavy atom. The van der Waals surface area contributed by atoms with Crippen LogP contribution in [0.4, 0.5) is 17.1 Å². The van der Waals surface area contributed by atoms with Crippen LogP contribution in [0, 0.1) is 0 Å². The number of nitrogens with zero attached hydrogens (tertiary/aromatic N) is 1. The average Bonchev–Trinajstić information content (AvgIpc) is 3.28. The van der Waals surface area contributed by atoms with E-state index in [4.69, 9.17) is 11.6 Å². The van der Waals surface area contributed by atoms with E-state index in [1.54, 1.807) is 11.3 Å². The molecule has 35 heavy (non-hydrogen) atoms. The lowest BCUT2D eigenvalue weighted by Crippen LogP contribution is -2.10. The normalized spacial score (nSPS) is 11.6. The van der Waals surface area contributed by atoms with E-state index in [9.17, 15) is 0 Å². The molecule has 0 saturated heterocycles. The van der Waals surface area contributed by atoms with Crippen LogP contribution in [0.5, 0.6) is 0 Å². The van der Waals surface area contributed by atoms with Crippen LogP contribution in [0.1, 0.15) is 0 Å². The molecule has 0 aliphatic carbocycles. The van der Waals surface area contributed by atoms with Crippen LogP contribution in [-0.4, -0.2) is 0 Å². The fourth-order valence-electron chi connectivity index (χ4n) is 5.00. The van der Waals surface area contributed by atoms with E-state index in [1.807, 2.05) is 0 Å². The molecule has 0 radical (unpaired) electrons. The smallest absolute Gasteiger partial charge is 0.0519 e. The van der Waals surface area contributed by atoms with Crippen LogP contribution in [0.2, 0.25) is 5.02 Å². The predicted molar refractivity (Wildman–Crippen MR) is 154 cm³/mol. The minimum Gasteiger partial charge on any atom is -0.310 e. The number of fused-ring (bicyclic) bond motifs is 5. The van der Waals surface area contributed by atoms with E-state index in [2.05, 4.69) is 126 Å². The topological polar surface area (TPSA) is 3.24 Å². The fraction of sp³-hybridized carbons (Fsp3) is 0. The molecule has 0 amide bonds. The molecule has 0 spiro atoms. The van der Waals surface area contributed by atoms with Crippen LogP contribution in [-0.2, 0) is 0 Å². The third kappa shape index (κ3) is 3.46. The standard InChI is InChI=1S/C32H20ClNS/c33-29-19-27(20-31-32(29)28-11-5-6-12-30(28)35-31)34(25-15-13-21-7-1-3-9-23(21)17-25)26-16-14-22-8-2-4-10-24(22)18-26/h1-20H. The first kappa shape index (κ1) is 20.5. The quantitative estimate of drug-likeness (QED) is 0.240. The van der Waals surface area contributed by atoms with Gasteiger partial charge in [-0.1, -0.05) is 90.5 Å². The number of halogens is 1. The summed E-state index contributed by atoms with van der Waals surface area (Å²) in [6, 6.07) is 43.1. The number of hydrogen-bond donors (Lipinski definition) is 0. The highest BCUT2D eigenvalue weighted by Crippen LogP contribution is 2.44. The van der Waals surface area contributed by atoms with Crippen LogP contribution < -0.4 is 4.90 Å². The molecule has 0 atom stereocenters. The summed E-state index contributed by atoms with van der Waals surface area (Å²) in [6.45, 7) is 0. The first-order valence-corrected chi connectivity index (χ1v) is 12.8. The second-order valence-electron chi connectivity index (χ2n) is 8.80. The van der Waals surface area contributed by atoms with Crippen molar-refractivity contribution in [3.05, 3.63) is 126 Å². The lowest BCUT2D eigenvalue weighted by Gasteiger charge is -2.26. The zero-order valence-electron chi connectivity index (χ0n) is 18.8. The van der Waals surface area contributed by atoms with Gasteiger partial charge in [0.05, 0.1) is 5.02 Å². The van der Waals surface area contributed by atoms with Crippen molar-refractivity contribution in [3.8, 4) is 0 Å². The molecule has 1 nitrogen and oxygen atoms in total. The van der Waals surface area contributed by atoms with Gasteiger partial charge in [0.15, 0.2) is 0 Å². The number of benzene rings is 6. The predicted octanol–water partition coefficient (Wildman–Crippen LogP) is 10.5. The summed E-state index contributed by atoms with van der Waals surface area (Å²) in [6.07, 6.45) is 0. The molecule has 0 aliphatic rings. The summed E-state index contributed by atoms with van der Waals surface area (Å²) >= 11 is 8.76. The molecule has 0 aliphatic heterocycles. The van der Waals surface area contributed by atoms with Gasteiger partial charge in [-0.15, -0.1) is 11.3 Å². The molecule has 0 saturated carbocycles. The van der Waals surface area contributed by atoms with Crippen molar-refractivity contribution in [2.24, 2.45) is 0 Å². The molecule has 6 aromatic carbocycles. The number of thiophene rings is 1. The van der Waals surface area contributed by atoms with Crippen molar-refractivity contribution in [3.63, 3.8) is 0 Å². The summed E-state index contributed by atoms with van der Waals surface area (Å²) in [5.41, 5.74) is 3.27. The van der Waals surface area contributed by atoms with Crippen molar-refractivity contribution < 1.29 is 0 Å². The largest absolute Gasteiger partial charge is 0.310 e. The molecule has 0 fully saturated rings. The second kappa shape index (κ2) is 8.13. The van der Waals surface area contributed by atoms with Gasteiger partial charge in [0.2, 0.25) is 0 Å². The molecular weight excluding hydrogens is 466 g/mol. The summed E-state index contributed by atoms with van der Waals surface area (Å²) in [7, 11) is 0. The zero-order chi connectivity index (χ0) is 23.4. The van der Waals surface area contributed by atoms with Gasteiger partial charge in [-0.3, -0.25) is 0 Å². The van der Waals surface area contributed by atoms with E-state index in [0.29, 0.717) is 0 Å². The summed E-state index contributed by atoms with van der Waals surface area (Å²) in [5.74, 6) is 0. The molecule has 7 aromatic rings. The molecule has 3 heteroatoms. The van der Waals surface area contributed by atoms with Crippen molar-refractivity contribution in [2.75, 3.05) is 4.90 Å². The van der Waals surface area contributed by atoms with Gasteiger partial charge < -0.3 is 4.90 Å². The number of rotatable bonds is 3. The van der Waals surface area contributed by atoms with E-state index >= 15 is 0 Å². The summed E-state index contributed by atoms with van der Waals surface area (Å²) in [4.78, 5) is 2.31. The Hall–Kier alpha value is -3.85. The van der Waals surface area contributed by atoms with E-state index < -0.39 is 0 Å². The summed E-state index contributed by atoms with van der Waals surface area (Å²) < 4.78 is 2.45. The first-order valence-electron chi connectivity index (χ1n) is 11.6. The molecule has 0 bridgehead atoms. The van der Waals surface area contributed by atoms with Gasteiger partial charge >= 0.3 is 0 Å². The maximum Gasteiger partial charge on any atom is 0.0519 e. The van der Waals surface area contributed by atoms with E-state index in [-0.39, 0.29) is 0 Å². The molecule has 166 valence electrons. The van der Waals surface area contributed by atoms with E-state index in [1.165, 1.54) is 36.3 Å². The first-order chi connectivity index (χ1) is 17.2. The van der Waals surface area contributed by atoms with Crippen LogP contribution in [0.3, 0.4) is 0 Å². The average molecular weight is 486 g/mol. The van der Waals surface area contributed by atoms with Crippen molar-refractivity contribution >= 4 is 81.7 Å². The lowest BCUT2D eigenvalue weighted by atomic mass is 10.1. The van der Waals surface area contributed by atoms with Crippen LogP contribution in [0.15, 0.2) is 121 Å². The Labute approximate surface area is 212 Å². The van der Waals surface area contributed by atoms with Gasteiger partial charge in [0.1, 0.15) is 0 Å². The minimum atomic E-state index is 0.779. The monoisotopic (exact) mass is 485 g/mol. The third-order valence-corrected chi connectivity index (χ3v) is 8.07. The Morgan fingerprint density at radius 1 is 0.486 bits per heavy atom. The fourth-order valence-corrected chi connectivity index (χ4v) is 6.53. The molecule has 7 rings (SSSR count). The Kier molecular flexibility index (Phi) is 4.76.